The van der Waals surface area contributed by atoms with Gasteiger partial charge in [-0.05, 0) is 42.7 Å². The van der Waals surface area contributed by atoms with E-state index in [1.165, 1.54) is 24.3 Å². The third kappa shape index (κ3) is 3.33. The summed E-state index contributed by atoms with van der Waals surface area (Å²) in [4.78, 5) is 12.3. The van der Waals surface area contributed by atoms with E-state index in [1.54, 1.807) is 24.3 Å². The number of aliphatic hydroxyl groups is 1. The van der Waals surface area contributed by atoms with Crippen LogP contribution in [0, 0.1) is 17.0 Å². The molecule has 27 heavy (non-hydrogen) atoms. The highest BCUT2D eigenvalue weighted by Crippen LogP contribution is 2.46. The van der Waals surface area contributed by atoms with Crippen molar-refractivity contribution in [2.24, 2.45) is 5.41 Å². The van der Waals surface area contributed by atoms with Crippen molar-refractivity contribution in [2.75, 3.05) is 11.9 Å². The second-order valence-corrected chi connectivity index (χ2v) is 6.76. The second kappa shape index (κ2) is 6.59. The van der Waals surface area contributed by atoms with E-state index >= 15 is 0 Å². The average Bonchev–Trinajstić information content (AvgIpc) is 3.38. The zero-order valence-electron chi connectivity index (χ0n) is 14.3. The van der Waals surface area contributed by atoms with E-state index in [4.69, 9.17) is 0 Å². The van der Waals surface area contributed by atoms with Crippen LogP contribution < -0.4 is 5.32 Å². The molecule has 1 amide bonds. The molecule has 5 nitrogen and oxygen atoms in total. The molecule has 0 atom stereocenters. The molecule has 0 spiro atoms. The Morgan fingerprint density at radius 2 is 1.96 bits per heavy atom. The lowest BCUT2D eigenvalue weighted by atomic mass is 10.1. The lowest BCUT2D eigenvalue weighted by Crippen LogP contribution is -2.27. The number of nitrogens with zero attached hydrogens (tertiary/aromatic N) is 1. The number of carbonyl (C=O) groups excluding carboxylic acids is 1. The van der Waals surface area contributed by atoms with Gasteiger partial charge in [0.1, 0.15) is 11.6 Å². The molecule has 0 unspecified atom stereocenters. The molecule has 0 bridgehead atoms. The minimum absolute atomic E-state index is 0.0463. The number of aliphatic hydroxyl groups excluding tert-OH is 1. The van der Waals surface area contributed by atoms with Gasteiger partial charge in [0.25, 0.3) is 0 Å². The first-order valence-electron chi connectivity index (χ1n) is 8.54. The molecule has 138 valence electrons. The molecule has 0 saturated heterocycles. The number of benzene rings is 2. The second-order valence-electron chi connectivity index (χ2n) is 6.76. The monoisotopic (exact) mass is 369 g/mol. The molecule has 1 saturated carbocycles. The van der Waals surface area contributed by atoms with Crippen LogP contribution in [0.5, 0.6) is 0 Å². The first kappa shape index (κ1) is 17.4. The van der Waals surface area contributed by atoms with Crippen LogP contribution in [0.25, 0.3) is 23.1 Å². The van der Waals surface area contributed by atoms with Crippen molar-refractivity contribution >= 4 is 34.6 Å². The number of halogens is 2. The van der Waals surface area contributed by atoms with Crippen molar-refractivity contribution in [3.8, 4) is 0 Å². The largest absolute Gasteiger partial charge is 0.395 e. The van der Waals surface area contributed by atoms with Gasteiger partial charge in [0.15, 0.2) is 0 Å². The fourth-order valence-electron chi connectivity index (χ4n) is 2.89. The summed E-state index contributed by atoms with van der Waals surface area (Å²) in [5.41, 5.74) is 1.11. The Kier molecular flexibility index (Phi) is 4.24. The number of anilines is 1. The molecule has 3 aromatic rings. The zero-order chi connectivity index (χ0) is 19.0. The molecule has 7 heteroatoms. The van der Waals surface area contributed by atoms with E-state index < -0.39 is 11.2 Å². The summed E-state index contributed by atoms with van der Waals surface area (Å²) in [5, 5.41) is 19.5. The predicted octanol–water partition coefficient (Wildman–Crippen LogP) is 3.72. The molecule has 1 aliphatic carbocycles. The normalized spacial score (nSPS) is 15.4. The van der Waals surface area contributed by atoms with Crippen LogP contribution in [-0.4, -0.2) is 27.8 Å². The number of aromatic amines is 1. The lowest BCUT2D eigenvalue weighted by molar-refractivity contribution is -0.122. The summed E-state index contributed by atoms with van der Waals surface area (Å²) < 4.78 is 27.3. The van der Waals surface area contributed by atoms with E-state index in [2.05, 4.69) is 15.5 Å². The van der Waals surface area contributed by atoms with Crippen LogP contribution >= 0.6 is 0 Å². The summed E-state index contributed by atoms with van der Waals surface area (Å²) in [6.45, 7) is -0.250. The van der Waals surface area contributed by atoms with Gasteiger partial charge < -0.3 is 10.4 Å². The first-order valence-corrected chi connectivity index (χ1v) is 8.54. The van der Waals surface area contributed by atoms with Crippen LogP contribution in [0.15, 0.2) is 36.4 Å². The topological polar surface area (TPSA) is 78.0 Å². The molecule has 1 heterocycles. The highest BCUT2D eigenvalue weighted by atomic mass is 19.1. The van der Waals surface area contributed by atoms with E-state index in [0.717, 1.165) is 5.56 Å². The molecule has 0 radical (unpaired) electrons. The summed E-state index contributed by atoms with van der Waals surface area (Å²) in [6.07, 6.45) is 4.68. The standard InChI is InChI=1S/C20H17F2N3O2/c21-13-4-1-12(2-5-13)3-6-16-14-9-18(15(22)10-17(14)25-24-16)23-19(27)20(11-26)7-8-20/h1-6,9-10,26H,7-8,11H2,(H,23,27)(H,24,25)/b6-3+. The minimum Gasteiger partial charge on any atom is -0.395 e. The predicted molar refractivity (Wildman–Crippen MR) is 98.8 cm³/mol. The molecule has 0 aliphatic heterocycles. The summed E-state index contributed by atoms with van der Waals surface area (Å²) >= 11 is 0. The molecule has 3 N–H and O–H groups in total. The Balaban J connectivity index is 1.63. The number of hydrogen-bond acceptors (Lipinski definition) is 3. The van der Waals surface area contributed by atoms with Gasteiger partial charge in [0, 0.05) is 11.5 Å². The Morgan fingerprint density at radius 3 is 2.63 bits per heavy atom. The SMILES string of the molecule is O=C(Nc1cc2c(/C=C/c3ccc(F)cc3)n[nH]c2cc1F)C1(CO)CC1. The van der Waals surface area contributed by atoms with E-state index in [9.17, 15) is 18.7 Å². The maximum absolute atomic E-state index is 14.3. The summed E-state index contributed by atoms with van der Waals surface area (Å²) in [5.74, 6) is -1.28. The number of H-pyrrole nitrogens is 1. The van der Waals surface area contributed by atoms with Gasteiger partial charge in [0.05, 0.1) is 28.9 Å². The average molecular weight is 369 g/mol. The van der Waals surface area contributed by atoms with Gasteiger partial charge in [-0.3, -0.25) is 9.89 Å². The van der Waals surface area contributed by atoms with Gasteiger partial charge in [-0.25, -0.2) is 8.78 Å². The quantitative estimate of drug-likeness (QED) is 0.641. The third-order valence-electron chi connectivity index (χ3n) is 4.87. The Morgan fingerprint density at radius 1 is 1.22 bits per heavy atom. The fourth-order valence-corrected chi connectivity index (χ4v) is 2.89. The van der Waals surface area contributed by atoms with Crippen LogP contribution in [0.2, 0.25) is 0 Å². The van der Waals surface area contributed by atoms with Gasteiger partial charge >= 0.3 is 0 Å². The lowest BCUT2D eigenvalue weighted by Gasteiger charge is -2.13. The maximum Gasteiger partial charge on any atom is 0.232 e. The van der Waals surface area contributed by atoms with E-state index in [0.29, 0.717) is 29.4 Å². The van der Waals surface area contributed by atoms with Crippen molar-refractivity contribution in [3.05, 3.63) is 59.3 Å². The van der Waals surface area contributed by atoms with Gasteiger partial charge in [-0.2, -0.15) is 5.10 Å². The van der Waals surface area contributed by atoms with E-state index in [-0.39, 0.29) is 24.0 Å². The molecular weight excluding hydrogens is 352 g/mol. The fraction of sp³-hybridized carbons (Fsp3) is 0.200. The van der Waals surface area contributed by atoms with Crippen LogP contribution in [0.1, 0.15) is 24.1 Å². The minimum atomic E-state index is -0.789. The number of fused-ring (bicyclic) bond motifs is 1. The molecule has 2 aromatic carbocycles. The third-order valence-corrected chi connectivity index (χ3v) is 4.87. The molecule has 4 rings (SSSR count). The van der Waals surface area contributed by atoms with Crippen molar-refractivity contribution in [3.63, 3.8) is 0 Å². The number of aromatic nitrogens is 2. The van der Waals surface area contributed by atoms with Crippen LogP contribution in [-0.2, 0) is 4.79 Å². The Hall–Kier alpha value is -3.06. The highest BCUT2D eigenvalue weighted by Gasteiger charge is 2.49. The van der Waals surface area contributed by atoms with Crippen molar-refractivity contribution < 1.29 is 18.7 Å². The number of hydrogen-bond donors (Lipinski definition) is 3. The van der Waals surface area contributed by atoms with Gasteiger partial charge in [-0.15, -0.1) is 0 Å². The van der Waals surface area contributed by atoms with Crippen LogP contribution in [0.4, 0.5) is 14.5 Å². The molecular formula is C20H17F2N3O2. The van der Waals surface area contributed by atoms with Gasteiger partial charge in [0.2, 0.25) is 5.91 Å². The number of rotatable bonds is 5. The Labute approximate surface area is 153 Å². The maximum atomic E-state index is 14.3. The highest BCUT2D eigenvalue weighted by molar-refractivity contribution is 6.00. The van der Waals surface area contributed by atoms with Crippen molar-refractivity contribution in [1.82, 2.24) is 10.2 Å². The smallest absolute Gasteiger partial charge is 0.232 e. The number of amides is 1. The Bertz CT molecular complexity index is 1040. The van der Waals surface area contributed by atoms with E-state index in [1.807, 2.05) is 0 Å². The summed E-state index contributed by atoms with van der Waals surface area (Å²) in [7, 11) is 0. The van der Waals surface area contributed by atoms with Crippen LogP contribution in [0.3, 0.4) is 0 Å². The number of carbonyl (C=O) groups is 1. The van der Waals surface area contributed by atoms with Crippen molar-refractivity contribution in [1.29, 1.82) is 0 Å². The molecule has 1 aromatic heterocycles. The zero-order valence-corrected chi connectivity index (χ0v) is 14.3. The first-order chi connectivity index (χ1) is 13.0. The molecule has 1 fully saturated rings. The molecule has 1 aliphatic rings. The number of nitrogens with one attached hydrogen (secondary N) is 2. The van der Waals surface area contributed by atoms with Gasteiger partial charge in [-0.1, -0.05) is 18.2 Å². The van der Waals surface area contributed by atoms with Crippen molar-refractivity contribution in [2.45, 2.75) is 12.8 Å². The summed E-state index contributed by atoms with van der Waals surface area (Å²) in [6, 6.07) is 8.78.